The average molecular weight is 487 g/mol. The molecule has 0 amide bonds. The van der Waals surface area contributed by atoms with Crippen molar-refractivity contribution in [3.05, 3.63) is 36.5 Å². The SMILES string of the molecule is CC(C)CC=CCCC=CCCC=CCCC(=O)CCCCCCCC(C)C(C)CCC(C)(C)C. The number of carbonyl (C=O) groups excluding carboxylic acids is 1. The van der Waals surface area contributed by atoms with E-state index < -0.39 is 0 Å². The smallest absolute Gasteiger partial charge is 0.133 e. The number of unbranched alkanes of at least 4 members (excludes halogenated alkanes) is 6. The summed E-state index contributed by atoms with van der Waals surface area (Å²) in [5.41, 5.74) is 0.462. The molecule has 0 saturated carbocycles. The van der Waals surface area contributed by atoms with Gasteiger partial charge in [-0.05, 0) is 81.0 Å². The van der Waals surface area contributed by atoms with Gasteiger partial charge in [0, 0.05) is 12.8 Å². The summed E-state index contributed by atoms with van der Waals surface area (Å²) >= 11 is 0. The van der Waals surface area contributed by atoms with Gasteiger partial charge in [0.2, 0.25) is 0 Å². The van der Waals surface area contributed by atoms with Crippen molar-refractivity contribution in [2.45, 2.75) is 151 Å². The van der Waals surface area contributed by atoms with Crippen molar-refractivity contribution in [3.63, 3.8) is 0 Å². The van der Waals surface area contributed by atoms with Gasteiger partial charge in [-0.2, -0.15) is 0 Å². The van der Waals surface area contributed by atoms with E-state index in [1.807, 2.05) is 0 Å². The fourth-order valence-electron chi connectivity index (χ4n) is 4.26. The van der Waals surface area contributed by atoms with Gasteiger partial charge in [0.25, 0.3) is 0 Å². The topological polar surface area (TPSA) is 17.1 Å². The van der Waals surface area contributed by atoms with Gasteiger partial charge >= 0.3 is 0 Å². The second kappa shape index (κ2) is 22.1. The Morgan fingerprint density at radius 3 is 1.66 bits per heavy atom. The van der Waals surface area contributed by atoms with E-state index in [4.69, 9.17) is 0 Å². The minimum atomic E-state index is 0.446. The van der Waals surface area contributed by atoms with Crippen LogP contribution in [0.2, 0.25) is 0 Å². The molecule has 0 aromatic heterocycles. The molecule has 0 N–H and O–H groups in total. The highest BCUT2D eigenvalue weighted by atomic mass is 16.1. The monoisotopic (exact) mass is 486 g/mol. The number of Topliss-reactive ketones (excluding diaryl/α,β-unsaturated/α-hetero) is 1. The van der Waals surface area contributed by atoms with Crippen LogP contribution in [0.3, 0.4) is 0 Å². The van der Waals surface area contributed by atoms with Crippen molar-refractivity contribution in [3.8, 4) is 0 Å². The van der Waals surface area contributed by atoms with E-state index in [2.05, 4.69) is 84.9 Å². The van der Waals surface area contributed by atoms with Gasteiger partial charge in [0.15, 0.2) is 0 Å². The predicted octanol–water partition coefficient (Wildman–Crippen LogP) is 11.4. The lowest BCUT2D eigenvalue weighted by Crippen LogP contribution is -2.13. The molecular formula is C34H62O. The van der Waals surface area contributed by atoms with E-state index >= 15 is 0 Å². The Labute approximate surface area is 221 Å². The zero-order valence-corrected chi connectivity index (χ0v) is 24.9. The molecule has 35 heavy (non-hydrogen) atoms. The normalized spacial score (nSPS) is 14.6. The fraction of sp³-hybridized carbons (Fsp3) is 0.794. The average Bonchev–Trinajstić information content (AvgIpc) is 2.78. The summed E-state index contributed by atoms with van der Waals surface area (Å²) in [5.74, 6) is 2.88. The molecule has 0 rings (SSSR count). The lowest BCUT2D eigenvalue weighted by atomic mass is 9.81. The summed E-state index contributed by atoms with van der Waals surface area (Å²) in [7, 11) is 0. The molecule has 1 nitrogen and oxygen atoms in total. The molecule has 2 atom stereocenters. The van der Waals surface area contributed by atoms with Gasteiger partial charge in [-0.25, -0.2) is 0 Å². The van der Waals surface area contributed by atoms with Crippen LogP contribution in [0.15, 0.2) is 36.5 Å². The van der Waals surface area contributed by atoms with Gasteiger partial charge in [0.05, 0.1) is 0 Å². The van der Waals surface area contributed by atoms with Gasteiger partial charge in [0.1, 0.15) is 5.78 Å². The highest BCUT2D eigenvalue weighted by molar-refractivity contribution is 5.78. The maximum Gasteiger partial charge on any atom is 0.133 e. The van der Waals surface area contributed by atoms with Crippen LogP contribution in [-0.2, 0) is 4.79 Å². The highest BCUT2D eigenvalue weighted by Gasteiger charge is 2.16. The molecule has 0 saturated heterocycles. The summed E-state index contributed by atoms with van der Waals surface area (Å²) in [6, 6.07) is 0. The maximum atomic E-state index is 12.1. The first-order chi connectivity index (χ1) is 16.6. The summed E-state index contributed by atoms with van der Waals surface area (Å²) in [6.07, 6.45) is 32.0. The van der Waals surface area contributed by atoms with Crippen molar-refractivity contribution >= 4 is 5.78 Å². The van der Waals surface area contributed by atoms with E-state index in [0.717, 1.165) is 69.1 Å². The zero-order valence-electron chi connectivity index (χ0n) is 24.9. The molecule has 0 aromatic carbocycles. The van der Waals surface area contributed by atoms with Gasteiger partial charge in [-0.3, -0.25) is 4.79 Å². The Balaban J connectivity index is 3.55. The van der Waals surface area contributed by atoms with Crippen molar-refractivity contribution in [1.82, 2.24) is 0 Å². The summed E-state index contributed by atoms with van der Waals surface area (Å²) < 4.78 is 0. The van der Waals surface area contributed by atoms with Crippen LogP contribution in [0.5, 0.6) is 0 Å². The molecule has 2 unspecified atom stereocenters. The van der Waals surface area contributed by atoms with E-state index in [-0.39, 0.29) is 0 Å². The van der Waals surface area contributed by atoms with Crippen LogP contribution >= 0.6 is 0 Å². The summed E-state index contributed by atoms with van der Waals surface area (Å²) in [5, 5.41) is 0. The number of rotatable bonds is 22. The van der Waals surface area contributed by atoms with E-state index in [1.54, 1.807) is 0 Å². The molecule has 0 bridgehead atoms. The number of ketones is 1. The predicted molar refractivity (Wildman–Crippen MR) is 159 cm³/mol. The number of hydrogen-bond acceptors (Lipinski definition) is 1. The van der Waals surface area contributed by atoms with Gasteiger partial charge in [-0.15, -0.1) is 0 Å². The minimum Gasteiger partial charge on any atom is -0.300 e. The number of carbonyl (C=O) groups is 1. The first-order valence-electron chi connectivity index (χ1n) is 15.1. The Bertz CT molecular complexity index is 572. The third kappa shape index (κ3) is 25.8. The Kier molecular flexibility index (Phi) is 21.4. The maximum absolute atomic E-state index is 12.1. The van der Waals surface area contributed by atoms with E-state index in [0.29, 0.717) is 11.2 Å². The largest absolute Gasteiger partial charge is 0.300 e. The van der Waals surface area contributed by atoms with Gasteiger partial charge in [-0.1, -0.05) is 117 Å². The lowest BCUT2D eigenvalue weighted by Gasteiger charge is -2.24. The Morgan fingerprint density at radius 1 is 0.600 bits per heavy atom. The highest BCUT2D eigenvalue weighted by Crippen LogP contribution is 2.29. The van der Waals surface area contributed by atoms with Crippen molar-refractivity contribution in [1.29, 1.82) is 0 Å². The quantitative estimate of drug-likeness (QED) is 0.110. The second-order valence-corrected chi connectivity index (χ2v) is 12.6. The van der Waals surface area contributed by atoms with Crippen LogP contribution < -0.4 is 0 Å². The van der Waals surface area contributed by atoms with Crippen LogP contribution in [0, 0.1) is 23.2 Å². The number of hydrogen-bond donors (Lipinski definition) is 0. The first kappa shape index (κ1) is 33.9. The Hall–Kier alpha value is -1.11. The molecule has 0 radical (unpaired) electrons. The lowest BCUT2D eigenvalue weighted by molar-refractivity contribution is -0.119. The fourth-order valence-corrected chi connectivity index (χ4v) is 4.26. The molecule has 0 aliphatic rings. The third-order valence-electron chi connectivity index (χ3n) is 7.13. The van der Waals surface area contributed by atoms with Crippen LogP contribution in [0.4, 0.5) is 0 Å². The van der Waals surface area contributed by atoms with Gasteiger partial charge < -0.3 is 0 Å². The molecule has 204 valence electrons. The first-order valence-corrected chi connectivity index (χ1v) is 15.1. The van der Waals surface area contributed by atoms with E-state index in [1.165, 1.54) is 51.4 Å². The summed E-state index contributed by atoms with van der Waals surface area (Å²) in [6.45, 7) is 16.4. The minimum absolute atomic E-state index is 0.446. The van der Waals surface area contributed by atoms with E-state index in [9.17, 15) is 4.79 Å². The molecule has 0 aliphatic heterocycles. The van der Waals surface area contributed by atoms with Crippen LogP contribution in [-0.4, -0.2) is 5.78 Å². The standard InChI is InChI=1S/C34H62O/c1-30(2)24-20-16-13-11-9-8-10-12-14-18-22-26-33(35)27-23-19-15-17-21-25-31(3)32(4)28-29-34(5,6)7/h8-9,14,16,18,20,30-32H,10-13,15,17,19,21-29H2,1-7H3. The van der Waals surface area contributed by atoms with Crippen molar-refractivity contribution in [2.75, 3.05) is 0 Å². The number of allylic oxidation sites excluding steroid dienone is 6. The molecule has 0 fully saturated rings. The Morgan fingerprint density at radius 2 is 1.09 bits per heavy atom. The molecule has 0 aromatic rings. The second-order valence-electron chi connectivity index (χ2n) is 12.6. The molecule has 0 aliphatic carbocycles. The summed E-state index contributed by atoms with van der Waals surface area (Å²) in [4.78, 5) is 12.1. The molecule has 0 heterocycles. The molecule has 1 heteroatoms. The molecular weight excluding hydrogens is 424 g/mol. The van der Waals surface area contributed by atoms with Crippen molar-refractivity contribution < 1.29 is 4.79 Å². The third-order valence-corrected chi connectivity index (χ3v) is 7.13. The van der Waals surface area contributed by atoms with Crippen LogP contribution in [0.25, 0.3) is 0 Å². The zero-order chi connectivity index (χ0) is 26.4. The molecule has 0 spiro atoms. The van der Waals surface area contributed by atoms with Crippen molar-refractivity contribution in [2.24, 2.45) is 23.2 Å². The van der Waals surface area contributed by atoms with Crippen LogP contribution in [0.1, 0.15) is 151 Å².